The van der Waals surface area contributed by atoms with Crippen molar-refractivity contribution in [2.24, 2.45) is 0 Å². The first-order chi connectivity index (χ1) is 6.51. The maximum Gasteiger partial charge on any atom is 0.423 e. The molecule has 0 atom stereocenters. The molecule has 0 heterocycles. The smallest absolute Gasteiger partial charge is 0.423 e. The monoisotopic (exact) mass is 193 g/mol. The van der Waals surface area contributed by atoms with Gasteiger partial charge in [-0.25, -0.2) is 4.79 Å². The zero-order chi connectivity index (χ0) is 10.6. The van der Waals surface area contributed by atoms with Crippen LogP contribution in [0.15, 0.2) is 24.3 Å². The number of hydrogen-bond acceptors (Lipinski definition) is 3. The third kappa shape index (κ3) is 3.47. The van der Waals surface area contributed by atoms with Crippen LogP contribution in [-0.4, -0.2) is 12.1 Å². The van der Waals surface area contributed by atoms with Gasteiger partial charge in [0.1, 0.15) is 17.1 Å². The molecular formula is C11H13O3. The molecule has 1 aromatic rings. The Labute approximate surface area is 83.6 Å². The fraction of sp³-hybridized carbons (Fsp3) is 0.364. The lowest BCUT2D eigenvalue weighted by molar-refractivity contribution is 0.131. The molecule has 0 N–H and O–H groups in total. The van der Waals surface area contributed by atoms with Crippen molar-refractivity contribution in [3.05, 3.63) is 24.3 Å². The van der Waals surface area contributed by atoms with Crippen molar-refractivity contribution in [1.82, 2.24) is 0 Å². The van der Waals surface area contributed by atoms with Crippen molar-refractivity contribution in [2.45, 2.75) is 26.4 Å². The first-order valence-corrected chi connectivity index (χ1v) is 4.34. The van der Waals surface area contributed by atoms with E-state index in [1.165, 1.54) is 6.47 Å². The van der Waals surface area contributed by atoms with Gasteiger partial charge in [-0.1, -0.05) is 0 Å². The third-order valence-corrected chi connectivity index (χ3v) is 1.41. The first-order valence-electron chi connectivity index (χ1n) is 4.34. The van der Waals surface area contributed by atoms with Crippen molar-refractivity contribution in [2.75, 3.05) is 0 Å². The van der Waals surface area contributed by atoms with Crippen LogP contribution in [0.3, 0.4) is 0 Å². The summed E-state index contributed by atoms with van der Waals surface area (Å²) in [7, 11) is 0. The Bertz CT molecular complexity index is 295. The Morgan fingerprint density at radius 3 is 2.00 bits per heavy atom. The molecule has 0 unspecified atom stereocenters. The van der Waals surface area contributed by atoms with Gasteiger partial charge in [0.15, 0.2) is 0 Å². The van der Waals surface area contributed by atoms with Crippen LogP contribution < -0.4 is 9.47 Å². The van der Waals surface area contributed by atoms with Gasteiger partial charge in [-0.3, -0.25) is 0 Å². The molecule has 0 saturated heterocycles. The Balaban J connectivity index is 2.68. The predicted molar refractivity (Wildman–Crippen MR) is 53.1 cm³/mol. The van der Waals surface area contributed by atoms with Gasteiger partial charge < -0.3 is 9.47 Å². The molecule has 0 aromatic heterocycles. The lowest BCUT2D eigenvalue weighted by atomic mass is 10.2. The number of ether oxygens (including phenoxy) is 2. The second-order valence-corrected chi connectivity index (χ2v) is 3.87. The van der Waals surface area contributed by atoms with Crippen molar-refractivity contribution < 1.29 is 14.3 Å². The highest BCUT2D eigenvalue weighted by Gasteiger charge is 2.11. The van der Waals surface area contributed by atoms with Crippen LogP contribution in [0.1, 0.15) is 20.8 Å². The Hall–Kier alpha value is -1.51. The van der Waals surface area contributed by atoms with E-state index < -0.39 is 0 Å². The van der Waals surface area contributed by atoms with Gasteiger partial charge in [0.2, 0.25) is 0 Å². The van der Waals surface area contributed by atoms with Crippen LogP contribution in [-0.2, 0) is 4.79 Å². The summed E-state index contributed by atoms with van der Waals surface area (Å²) in [6.45, 7) is 7.27. The molecule has 0 amide bonds. The molecule has 0 saturated carbocycles. The van der Waals surface area contributed by atoms with Crippen LogP contribution >= 0.6 is 0 Å². The molecule has 14 heavy (non-hydrogen) atoms. The topological polar surface area (TPSA) is 35.5 Å². The Kier molecular flexibility index (Phi) is 3.12. The van der Waals surface area contributed by atoms with Crippen molar-refractivity contribution in [1.29, 1.82) is 0 Å². The van der Waals surface area contributed by atoms with Crippen LogP contribution in [0.5, 0.6) is 11.5 Å². The molecule has 1 rings (SSSR count). The fourth-order valence-corrected chi connectivity index (χ4v) is 0.977. The molecule has 0 fully saturated rings. The quantitative estimate of drug-likeness (QED) is 0.739. The highest BCUT2D eigenvalue weighted by molar-refractivity contribution is 5.46. The summed E-state index contributed by atoms with van der Waals surface area (Å²) in [5.74, 6) is 1.21. The van der Waals surface area contributed by atoms with E-state index in [1.54, 1.807) is 24.3 Å². The number of benzene rings is 1. The zero-order valence-electron chi connectivity index (χ0n) is 8.53. The van der Waals surface area contributed by atoms with E-state index >= 15 is 0 Å². The Morgan fingerprint density at radius 1 is 1.07 bits per heavy atom. The molecule has 0 aliphatic rings. The minimum Gasteiger partial charge on any atom is -0.488 e. The maximum absolute atomic E-state index is 9.91. The molecule has 0 aliphatic heterocycles. The van der Waals surface area contributed by atoms with Gasteiger partial charge in [-0.05, 0) is 45.0 Å². The van der Waals surface area contributed by atoms with Crippen molar-refractivity contribution in [3.8, 4) is 11.5 Å². The summed E-state index contributed by atoms with van der Waals surface area (Å²) in [5, 5.41) is 0. The highest BCUT2D eigenvalue weighted by Crippen LogP contribution is 2.21. The summed E-state index contributed by atoms with van der Waals surface area (Å²) in [5.41, 5.74) is -0.223. The van der Waals surface area contributed by atoms with E-state index in [4.69, 9.17) is 4.74 Å². The van der Waals surface area contributed by atoms with Crippen LogP contribution in [0, 0.1) is 0 Å². The van der Waals surface area contributed by atoms with Crippen LogP contribution in [0.25, 0.3) is 0 Å². The van der Waals surface area contributed by atoms with E-state index in [0.717, 1.165) is 5.75 Å². The average Bonchev–Trinajstić information content (AvgIpc) is 2.06. The van der Waals surface area contributed by atoms with Gasteiger partial charge in [0.25, 0.3) is 0 Å². The van der Waals surface area contributed by atoms with E-state index in [-0.39, 0.29) is 5.60 Å². The molecule has 1 radical (unpaired) electrons. The molecule has 0 aliphatic carbocycles. The summed E-state index contributed by atoms with van der Waals surface area (Å²) in [6.07, 6.45) is 0. The van der Waals surface area contributed by atoms with Gasteiger partial charge in [-0.15, -0.1) is 0 Å². The predicted octanol–water partition coefficient (Wildman–Crippen LogP) is 2.31. The largest absolute Gasteiger partial charge is 0.488 e. The molecule has 3 nitrogen and oxygen atoms in total. The minimum absolute atomic E-state index is 0.223. The van der Waals surface area contributed by atoms with Gasteiger partial charge in [-0.2, -0.15) is 0 Å². The molecule has 0 bridgehead atoms. The number of rotatable bonds is 3. The Morgan fingerprint density at radius 2 is 1.57 bits per heavy atom. The zero-order valence-corrected chi connectivity index (χ0v) is 8.53. The van der Waals surface area contributed by atoms with E-state index in [2.05, 4.69) is 4.74 Å². The van der Waals surface area contributed by atoms with Gasteiger partial charge in [0.05, 0.1) is 0 Å². The molecule has 1 aromatic carbocycles. The van der Waals surface area contributed by atoms with Gasteiger partial charge in [0, 0.05) is 0 Å². The lowest BCUT2D eigenvalue weighted by Crippen LogP contribution is -2.22. The highest BCUT2D eigenvalue weighted by atomic mass is 16.5. The number of carbonyl (C=O) groups excluding carboxylic acids is 1. The molecular weight excluding hydrogens is 180 g/mol. The van der Waals surface area contributed by atoms with E-state index in [0.29, 0.717) is 5.75 Å². The average molecular weight is 193 g/mol. The normalized spacial score (nSPS) is 10.8. The lowest BCUT2D eigenvalue weighted by Gasteiger charge is -2.21. The standard InChI is InChI=1S/C11H13O3/c1-11(2,3)14-10-6-4-9(5-7-10)13-8-12/h4-7H,1-3H3. The third-order valence-electron chi connectivity index (χ3n) is 1.41. The van der Waals surface area contributed by atoms with Gasteiger partial charge >= 0.3 is 6.47 Å². The first kappa shape index (κ1) is 10.6. The van der Waals surface area contributed by atoms with Crippen molar-refractivity contribution >= 4 is 6.47 Å². The fourth-order valence-electron chi connectivity index (χ4n) is 0.977. The summed E-state index contributed by atoms with van der Waals surface area (Å²) in [6, 6.07) is 6.81. The molecule has 3 heteroatoms. The maximum atomic E-state index is 9.91. The number of hydrogen-bond donors (Lipinski definition) is 0. The van der Waals surface area contributed by atoms with Crippen LogP contribution in [0.2, 0.25) is 0 Å². The van der Waals surface area contributed by atoms with E-state index in [1.807, 2.05) is 20.8 Å². The van der Waals surface area contributed by atoms with Crippen molar-refractivity contribution in [3.63, 3.8) is 0 Å². The summed E-state index contributed by atoms with van der Waals surface area (Å²) < 4.78 is 10.1. The van der Waals surface area contributed by atoms with Crippen LogP contribution in [0.4, 0.5) is 0 Å². The second kappa shape index (κ2) is 4.13. The summed E-state index contributed by atoms with van der Waals surface area (Å²) in [4.78, 5) is 9.91. The SMILES string of the molecule is CC(C)(C)Oc1ccc(O[C]=O)cc1. The minimum atomic E-state index is -0.223. The molecule has 0 spiro atoms. The summed E-state index contributed by atoms with van der Waals surface area (Å²) >= 11 is 0. The second-order valence-electron chi connectivity index (χ2n) is 3.87. The van der Waals surface area contributed by atoms with E-state index in [9.17, 15) is 4.79 Å². The molecule has 75 valence electrons.